The molecule has 0 spiro atoms. The number of hydrogen-bond acceptors (Lipinski definition) is 3. The van der Waals surface area contributed by atoms with Gasteiger partial charge in [0.05, 0.1) is 12.5 Å². The summed E-state index contributed by atoms with van der Waals surface area (Å²) in [5.74, 6) is -0.197. The maximum absolute atomic E-state index is 11.8. The fourth-order valence-electron chi connectivity index (χ4n) is 1.50. The highest BCUT2D eigenvalue weighted by Crippen LogP contribution is 2.09. The normalized spacial score (nSPS) is 12.1. The summed E-state index contributed by atoms with van der Waals surface area (Å²) in [6.45, 7) is 0.426. The maximum atomic E-state index is 11.8. The number of rotatable bonds is 4. The molecule has 1 heterocycles. The zero-order chi connectivity index (χ0) is 12.1. The number of benzene rings is 1. The van der Waals surface area contributed by atoms with E-state index in [0.29, 0.717) is 6.54 Å². The summed E-state index contributed by atoms with van der Waals surface area (Å²) in [4.78, 5) is 11.8. The zero-order valence-corrected chi connectivity index (χ0v) is 9.30. The molecule has 2 rings (SSSR count). The third-order valence-electron chi connectivity index (χ3n) is 2.49. The van der Waals surface area contributed by atoms with Crippen molar-refractivity contribution in [2.24, 2.45) is 5.73 Å². The second kappa shape index (κ2) is 5.32. The van der Waals surface area contributed by atoms with E-state index in [1.807, 2.05) is 30.3 Å². The molecule has 1 amide bonds. The lowest BCUT2D eigenvalue weighted by molar-refractivity contribution is -0.122. The van der Waals surface area contributed by atoms with Crippen molar-refractivity contribution in [3.8, 4) is 0 Å². The highest BCUT2D eigenvalue weighted by atomic mass is 16.3. The first kappa shape index (κ1) is 11.4. The highest BCUT2D eigenvalue weighted by molar-refractivity contribution is 5.82. The van der Waals surface area contributed by atoms with E-state index in [4.69, 9.17) is 10.2 Å². The van der Waals surface area contributed by atoms with Crippen LogP contribution in [0.4, 0.5) is 0 Å². The van der Waals surface area contributed by atoms with Gasteiger partial charge in [0.15, 0.2) is 0 Å². The first-order valence-electron chi connectivity index (χ1n) is 5.36. The van der Waals surface area contributed by atoms with Crippen LogP contribution in [0.25, 0.3) is 0 Å². The fourth-order valence-corrected chi connectivity index (χ4v) is 1.50. The van der Waals surface area contributed by atoms with Gasteiger partial charge in [-0.25, -0.2) is 0 Å². The second-order valence-corrected chi connectivity index (χ2v) is 3.74. The summed E-state index contributed by atoms with van der Waals surface area (Å²) in [6.07, 6.45) is 3.16. The van der Waals surface area contributed by atoms with Crippen molar-refractivity contribution in [1.29, 1.82) is 0 Å². The van der Waals surface area contributed by atoms with Gasteiger partial charge in [-0.3, -0.25) is 4.79 Å². The smallest absolute Gasteiger partial charge is 0.241 e. The highest BCUT2D eigenvalue weighted by Gasteiger charge is 2.14. The lowest BCUT2D eigenvalue weighted by Gasteiger charge is -2.11. The van der Waals surface area contributed by atoms with Gasteiger partial charge in [0.25, 0.3) is 0 Å². The zero-order valence-electron chi connectivity index (χ0n) is 9.30. The van der Waals surface area contributed by atoms with E-state index in [-0.39, 0.29) is 5.91 Å². The van der Waals surface area contributed by atoms with Crippen LogP contribution in [0.15, 0.2) is 53.3 Å². The maximum Gasteiger partial charge on any atom is 0.241 e. The molecule has 0 bridgehead atoms. The van der Waals surface area contributed by atoms with Crippen molar-refractivity contribution in [3.05, 3.63) is 60.1 Å². The summed E-state index contributed by atoms with van der Waals surface area (Å²) < 4.78 is 4.91. The predicted molar refractivity (Wildman–Crippen MR) is 63.9 cm³/mol. The molecule has 0 aliphatic carbocycles. The van der Waals surface area contributed by atoms with Crippen molar-refractivity contribution in [3.63, 3.8) is 0 Å². The molecule has 2 aromatic rings. The van der Waals surface area contributed by atoms with E-state index < -0.39 is 6.04 Å². The Kier molecular flexibility index (Phi) is 3.57. The van der Waals surface area contributed by atoms with Gasteiger partial charge < -0.3 is 15.5 Å². The van der Waals surface area contributed by atoms with Crippen LogP contribution < -0.4 is 11.1 Å². The van der Waals surface area contributed by atoms with Crippen molar-refractivity contribution >= 4 is 5.91 Å². The molecule has 1 aromatic carbocycles. The Balaban J connectivity index is 1.92. The molecule has 0 aliphatic rings. The number of amides is 1. The largest absolute Gasteiger partial charge is 0.472 e. The standard InChI is InChI=1S/C13H14N2O2/c14-12(11-4-2-1-3-5-11)13(16)15-8-10-6-7-17-9-10/h1-7,9,12H,8,14H2,(H,15,16)/t12-/m0/s1. The van der Waals surface area contributed by atoms with Crippen molar-refractivity contribution in [1.82, 2.24) is 5.32 Å². The molecule has 1 atom stereocenters. The van der Waals surface area contributed by atoms with Crippen molar-refractivity contribution < 1.29 is 9.21 Å². The lowest BCUT2D eigenvalue weighted by Crippen LogP contribution is -2.33. The molecule has 4 nitrogen and oxygen atoms in total. The minimum absolute atomic E-state index is 0.197. The number of carbonyl (C=O) groups excluding carboxylic acids is 1. The molecule has 0 radical (unpaired) electrons. The average Bonchev–Trinajstić information content (AvgIpc) is 2.89. The Morgan fingerprint density at radius 3 is 2.71 bits per heavy atom. The van der Waals surface area contributed by atoms with Crippen LogP contribution in [0, 0.1) is 0 Å². The summed E-state index contributed by atoms with van der Waals surface area (Å²) in [7, 11) is 0. The SMILES string of the molecule is N[C@H](C(=O)NCc1ccoc1)c1ccccc1. The number of carbonyl (C=O) groups is 1. The van der Waals surface area contributed by atoms with Crippen LogP contribution in [0.2, 0.25) is 0 Å². The van der Waals surface area contributed by atoms with E-state index in [2.05, 4.69) is 5.32 Å². The predicted octanol–water partition coefficient (Wildman–Crippen LogP) is 1.60. The lowest BCUT2D eigenvalue weighted by atomic mass is 10.1. The Morgan fingerprint density at radius 2 is 2.06 bits per heavy atom. The van der Waals surface area contributed by atoms with Gasteiger partial charge in [0.1, 0.15) is 6.04 Å². The van der Waals surface area contributed by atoms with Crippen LogP contribution in [0.3, 0.4) is 0 Å². The molecule has 0 unspecified atom stereocenters. The fraction of sp³-hybridized carbons (Fsp3) is 0.154. The van der Waals surface area contributed by atoms with Gasteiger partial charge in [-0.05, 0) is 11.6 Å². The number of furan rings is 1. The second-order valence-electron chi connectivity index (χ2n) is 3.74. The summed E-state index contributed by atoms with van der Waals surface area (Å²) >= 11 is 0. The Morgan fingerprint density at radius 1 is 1.29 bits per heavy atom. The first-order valence-corrected chi connectivity index (χ1v) is 5.36. The van der Waals surface area contributed by atoms with Crippen LogP contribution in [0.5, 0.6) is 0 Å². The minimum atomic E-state index is -0.636. The Hall–Kier alpha value is -2.07. The van der Waals surface area contributed by atoms with Crippen LogP contribution in [-0.2, 0) is 11.3 Å². The van der Waals surface area contributed by atoms with Gasteiger partial charge in [-0.1, -0.05) is 30.3 Å². The Labute approximate surface area is 99.4 Å². The topological polar surface area (TPSA) is 68.3 Å². The molecule has 0 fully saturated rings. The third-order valence-corrected chi connectivity index (χ3v) is 2.49. The third kappa shape index (κ3) is 2.95. The average molecular weight is 230 g/mol. The summed E-state index contributed by atoms with van der Waals surface area (Å²) in [6, 6.07) is 10.4. The number of nitrogens with two attached hydrogens (primary N) is 1. The van der Waals surface area contributed by atoms with Gasteiger partial charge in [0, 0.05) is 12.1 Å². The monoisotopic (exact) mass is 230 g/mol. The van der Waals surface area contributed by atoms with Gasteiger partial charge in [0.2, 0.25) is 5.91 Å². The van der Waals surface area contributed by atoms with E-state index in [0.717, 1.165) is 11.1 Å². The summed E-state index contributed by atoms with van der Waals surface area (Å²) in [5.41, 5.74) is 7.56. The molecular weight excluding hydrogens is 216 g/mol. The van der Waals surface area contributed by atoms with Crippen molar-refractivity contribution in [2.45, 2.75) is 12.6 Å². The molecule has 0 saturated heterocycles. The van der Waals surface area contributed by atoms with E-state index in [1.165, 1.54) is 0 Å². The van der Waals surface area contributed by atoms with Crippen LogP contribution >= 0.6 is 0 Å². The van der Waals surface area contributed by atoms with E-state index in [9.17, 15) is 4.79 Å². The molecule has 1 aromatic heterocycles. The quantitative estimate of drug-likeness (QED) is 0.838. The molecule has 88 valence electrons. The van der Waals surface area contributed by atoms with Crippen molar-refractivity contribution in [2.75, 3.05) is 0 Å². The van der Waals surface area contributed by atoms with Crippen LogP contribution in [-0.4, -0.2) is 5.91 Å². The first-order chi connectivity index (χ1) is 8.27. The minimum Gasteiger partial charge on any atom is -0.472 e. The molecule has 0 aliphatic heterocycles. The van der Waals surface area contributed by atoms with Gasteiger partial charge in [-0.15, -0.1) is 0 Å². The summed E-state index contributed by atoms with van der Waals surface area (Å²) in [5, 5.41) is 2.76. The molecule has 3 N–H and O–H groups in total. The molecule has 4 heteroatoms. The Bertz CT molecular complexity index is 465. The van der Waals surface area contributed by atoms with E-state index in [1.54, 1.807) is 18.6 Å². The number of hydrogen-bond donors (Lipinski definition) is 2. The van der Waals surface area contributed by atoms with Crippen LogP contribution in [0.1, 0.15) is 17.2 Å². The molecular formula is C13H14N2O2. The molecule has 17 heavy (non-hydrogen) atoms. The van der Waals surface area contributed by atoms with Gasteiger partial charge >= 0.3 is 0 Å². The number of nitrogens with one attached hydrogen (secondary N) is 1. The van der Waals surface area contributed by atoms with E-state index >= 15 is 0 Å². The molecule has 0 saturated carbocycles. The van der Waals surface area contributed by atoms with Gasteiger partial charge in [-0.2, -0.15) is 0 Å².